The summed E-state index contributed by atoms with van der Waals surface area (Å²) in [4.78, 5) is 31.8. The van der Waals surface area contributed by atoms with E-state index in [1.54, 1.807) is 30.1 Å². The van der Waals surface area contributed by atoms with Gasteiger partial charge in [0, 0.05) is 17.3 Å². The molecule has 1 aromatic rings. The topological polar surface area (TPSA) is 62.3 Å². The number of aromatic nitrogens is 1. The molecule has 1 unspecified atom stereocenters. The summed E-state index contributed by atoms with van der Waals surface area (Å²) in [6.45, 7) is 9.87. The second kappa shape index (κ2) is 5.16. The highest BCUT2D eigenvalue weighted by Gasteiger charge is 2.39. The van der Waals surface area contributed by atoms with Crippen molar-refractivity contribution in [3.05, 3.63) is 15.6 Å². The molecule has 1 aliphatic heterocycles. The second-order valence-electron chi connectivity index (χ2n) is 5.91. The molecule has 0 aliphatic carbocycles. The first-order chi connectivity index (χ1) is 9.20. The van der Waals surface area contributed by atoms with Crippen molar-refractivity contribution in [2.75, 3.05) is 0 Å². The van der Waals surface area contributed by atoms with Gasteiger partial charge in [-0.25, -0.2) is 4.98 Å². The van der Waals surface area contributed by atoms with Crippen LogP contribution in [0.3, 0.4) is 0 Å². The van der Waals surface area contributed by atoms with E-state index in [-0.39, 0.29) is 17.9 Å². The predicted molar refractivity (Wildman–Crippen MR) is 78.4 cm³/mol. The van der Waals surface area contributed by atoms with E-state index < -0.39 is 5.54 Å². The normalized spacial score (nSPS) is 22.6. The fourth-order valence-electron chi connectivity index (χ4n) is 2.37. The monoisotopic (exact) mass is 295 g/mol. The van der Waals surface area contributed by atoms with E-state index in [9.17, 15) is 9.59 Å². The zero-order valence-corrected chi connectivity index (χ0v) is 13.4. The van der Waals surface area contributed by atoms with Gasteiger partial charge in [0.2, 0.25) is 11.8 Å². The standard InChI is InChI=1S/C14H21N3O2S/c1-8-6-11(18)16-14(4,5)13(19)17(8)7-12-15-9(2)10(3)20-12/h8H,6-7H2,1-5H3,(H,16,18). The number of amides is 2. The summed E-state index contributed by atoms with van der Waals surface area (Å²) in [5.74, 6) is -0.133. The van der Waals surface area contributed by atoms with Gasteiger partial charge in [-0.1, -0.05) is 0 Å². The zero-order chi connectivity index (χ0) is 15.1. The molecule has 2 heterocycles. The lowest BCUT2D eigenvalue weighted by Crippen LogP contribution is -2.53. The van der Waals surface area contributed by atoms with E-state index in [2.05, 4.69) is 10.3 Å². The maximum atomic E-state index is 12.6. The molecular formula is C14H21N3O2S. The third kappa shape index (κ3) is 2.85. The van der Waals surface area contributed by atoms with Gasteiger partial charge in [0.1, 0.15) is 10.5 Å². The maximum Gasteiger partial charge on any atom is 0.248 e. The number of hydrogen-bond acceptors (Lipinski definition) is 4. The van der Waals surface area contributed by atoms with Gasteiger partial charge in [0.25, 0.3) is 0 Å². The first kappa shape index (κ1) is 15.0. The summed E-state index contributed by atoms with van der Waals surface area (Å²) >= 11 is 1.61. The Labute approximate surface area is 123 Å². The van der Waals surface area contributed by atoms with E-state index in [0.717, 1.165) is 10.7 Å². The summed E-state index contributed by atoms with van der Waals surface area (Å²) in [6.07, 6.45) is 0.332. The Morgan fingerprint density at radius 3 is 2.60 bits per heavy atom. The largest absolute Gasteiger partial charge is 0.342 e. The molecule has 2 rings (SSSR count). The van der Waals surface area contributed by atoms with Crippen LogP contribution >= 0.6 is 11.3 Å². The average molecular weight is 295 g/mol. The Kier molecular flexibility index (Phi) is 3.86. The van der Waals surface area contributed by atoms with Crippen molar-refractivity contribution in [1.82, 2.24) is 15.2 Å². The van der Waals surface area contributed by atoms with Crippen LogP contribution in [0.15, 0.2) is 0 Å². The molecule has 20 heavy (non-hydrogen) atoms. The smallest absolute Gasteiger partial charge is 0.248 e. The Balaban J connectivity index is 2.27. The molecule has 1 aromatic heterocycles. The summed E-state index contributed by atoms with van der Waals surface area (Å²) in [6, 6.07) is -0.117. The molecule has 2 amide bonds. The average Bonchev–Trinajstić information content (AvgIpc) is 2.60. The van der Waals surface area contributed by atoms with Crippen LogP contribution in [0.1, 0.15) is 42.8 Å². The third-order valence-electron chi connectivity index (χ3n) is 3.64. The van der Waals surface area contributed by atoms with E-state index in [1.807, 2.05) is 20.8 Å². The number of carbonyl (C=O) groups is 2. The summed E-state index contributed by atoms with van der Waals surface area (Å²) in [7, 11) is 0. The number of thiazole rings is 1. The van der Waals surface area contributed by atoms with Crippen LogP contribution in [0.25, 0.3) is 0 Å². The number of rotatable bonds is 2. The molecule has 6 heteroatoms. The first-order valence-corrected chi connectivity index (χ1v) is 7.57. The number of aryl methyl sites for hydroxylation is 2. The maximum absolute atomic E-state index is 12.6. The SMILES string of the molecule is Cc1nc(CN2C(=O)C(C)(C)NC(=O)CC2C)sc1C. The van der Waals surface area contributed by atoms with Gasteiger partial charge in [0.15, 0.2) is 0 Å². The molecule has 0 saturated carbocycles. The minimum Gasteiger partial charge on any atom is -0.342 e. The molecule has 1 saturated heterocycles. The summed E-state index contributed by atoms with van der Waals surface area (Å²) in [5, 5.41) is 3.71. The van der Waals surface area contributed by atoms with Crippen LogP contribution in [-0.2, 0) is 16.1 Å². The van der Waals surface area contributed by atoms with Gasteiger partial charge in [0.05, 0.1) is 12.2 Å². The number of hydrogen-bond donors (Lipinski definition) is 1. The Morgan fingerprint density at radius 2 is 2.05 bits per heavy atom. The lowest BCUT2D eigenvalue weighted by molar-refractivity contribution is -0.139. The van der Waals surface area contributed by atoms with E-state index in [1.165, 1.54) is 4.88 Å². The van der Waals surface area contributed by atoms with Crippen molar-refractivity contribution >= 4 is 23.2 Å². The quantitative estimate of drug-likeness (QED) is 0.904. The van der Waals surface area contributed by atoms with Crippen molar-refractivity contribution in [3.8, 4) is 0 Å². The van der Waals surface area contributed by atoms with Crippen LogP contribution in [0.2, 0.25) is 0 Å². The van der Waals surface area contributed by atoms with Crippen LogP contribution in [0.4, 0.5) is 0 Å². The van der Waals surface area contributed by atoms with Gasteiger partial charge in [-0.2, -0.15) is 0 Å². The number of nitrogens with one attached hydrogen (secondary N) is 1. The van der Waals surface area contributed by atoms with Gasteiger partial charge in [-0.3, -0.25) is 9.59 Å². The predicted octanol–water partition coefficient (Wildman–Crippen LogP) is 1.78. The molecule has 0 bridgehead atoms. The molecule has 5 nitrogen and oxygen atoms in total. The highest BCUT2D eigenvalue weighted by molar-refractivity contribution is 7.11. The van der Waals surface area contributed by atoms with Crippen LogP contribution in [-0.4, -0.2) is 33.3 Å². The minimum absolute atomic E-state index is 0.0543. The molecular weight excluding hydrogens is 274 g/mol. The molecule has 1 atom stereocenters. The van der Waals surface area contributed by atoms with Gasteiger partial charge >= 0.3 is 0 Å². The van der Waals surface area contributed by atoms with Crippen molar-refractivity contribution in [2.24, 2.45) is 0 Å². The van der Waals surface area contributed by atoms with E-state index >= 15 is 0 Å². The van der Waals surface area contributed by atoms with E-state index in [0.29, 0.717) is 13.0 Å². The molecule has 0 radical (unpaired) electrons. The minimum atomic E-state index is -0.858. The fourth-order valence-corrected chi connectivity index (χ4v) is 3.30. The van der Waals surface area contributed by atoms with Gasteiger partial charge < -0.3 is 10.2 Å². The van der Waals surface area contributed by atoms with Crippen molar-refractivity contribution in [3.63, 3.8) is 0 Å². The summed E-state index contributed by atoms with van der Waals surface area (Å²) < 4.78 is 0. The summed E-state index contributed by atoms with van der Waals surface area (Å²) in [5.41, 5.74) is 0.150. The van der Waals surface area contributed by atoms with Crippen molar-refractivity contribution < 1.29 is 9.59 Å². The molecule has 110 valence electrons. The molecule has 1 fully saturated rings. The first-order valence-electron chi connectivity index (χ1n) is 6.75. The van der Waals surface area contributed by atoms with Gasteiger partial charge in [-0.15, -0.1) is 11.3 Å². The van der Waals surface area contributed by atoms with Crippen LogP contribution in [0, 0.1) is 13.8 Å². The van der Waals surface area contributed by atoms with Crippen molar-refractivity contribution in [2.45, 2.75) is 59.2 Å². The van der Waals surface area contributed by atoms with E-state index in [4.69, 9.17) is 0 Å². The third-order valence-corrected chi connectivity index (χ3v) is 4.70. The molecule has 1 aliphatic rings. The highest BCUT2D eigenvalue weighted by Crippen LogP contribution is 2.23. The Bertz CT molecular complexity index is 531. The van der Waals surface area contributed by atoms with Crippen molar-refractivity contribution in [1.29, 1.82) is 0 Å². The number of carbonyl (C=O) groups excluding carboxylic acids is 2. The zero-order valence-electron chi connectivity index (χ0n) is 12.6. The molecule has 0 spiro atoms. The van der Waals surface area contributed by atoms with Crippen LogP contribution in [0.5, 0.6) is 0 Å². The fraction of sp³-hybridized carbons (Fsp3) is 0.643. The highest BCUT2D eigenvalue weighted by atomic mass is 32.1. The van der Waals surface area contributed by atoms with Gasteiger partial charge in [-0.05, 0) is 34.6 Å². The molecule has 0 aromatic carbocycles. The number of nitrogens with zero attached hydrogens (tertiary/aromatic N) is 2. The Morgan fingerprint density at radius 1 is 1.40 bits per heavy atom. The lowest BCUT2D eigenvalue weighted by atomic mass is 10.0. The molecule has 1 N–H and O–H groups in total. The van der Waals surface area contributed by atoms with Crippen LogP contribution < -0.4 is 5.32 Å². The Hall–Kier alpha value is -1.43. The second-order valence-corrected chi connectivity index (χ2v) is 7.20. The lowest BCUT2D eigenvalue weighted by Gasteiger charge is -2.31.